The standard InChI is InChI=1S/C15H21N5O/c1-9-11(7-16-19(9)5)10-6-13(21)18-14-12(10)8-17-20(14)15(2,3)4/h7-8,10H,6H2,1-5H3,(H,18,21)/t10-/m1/s1. The van der Waals surface area contributed by atoms with Crippen LogP contribution < -0.4 is 5.32 Å². The largest absolute Gasteiger partial charge is 0.311 e. The number of hydrogen-bond acceptors (Lipinski definition) is 3. The van der Waals surface area contributed by atoms with E-state index >= 15 is 0 Å². The third-order valence-electron chi connectivity index (χ3n) is 4.10. The second-order valence-corrected chi connectivity index (χ2v) is 6.64. The van der Waals surface area contributed by atoms with Gasteiger partial charge in [-0.05, 0) is 27.7 Å². The van der Waals surface area contributed by atoms with Gasteiger partial charge in [-0.1, -0.05) is 0 Å². The van der Waals surface area contributed by atoms with Crippen LogP contribution in [0.3, 0.4) is 0 Å². The third-order valence-corrected chi connectivity index (χ3v) is 4.10. The molecule has 0 bridgehead atoms. The topological polar surface area (TPSA) is 64.7 Å². The minimum atomic E-state index is -0.174. The monoisotopic (exact) mass is 287 g/mol. The van der Waals surface area contributed by atoms with E-state index in [-0.39, 0.29) is 17.4 Å². The maximum Gasteiger partial charge on any atom is 0.226 e. The second-order valence-electron chi connectivity index (χ2n) is 6.64. The highest BCUT2D eigenvalue weighted by Crippen LogP contribution is 2.39. The Morgan fingerprint density at radius 1 is 1.24 bits per heavy atom. The van der Waals surface area contributed by atoms with Gasteiger partial charge in [0.25, 0.3) is 0 Å². The summed E-state index contributed by atoms with van der Waals surface area (Å²) in [5.74, 6) is 0.868. The lowest BCUT2D eigenvalue weighted by molar-refractivity contribution is -0.116. The van der Waals surface area contributed by atoms with Crippen molar-refractivity contribution in [2.45, 2.75) is 45.6 Å². The Morgan fingerprint density at radius 3 is 2.48 bits per heavy atom. The van der Waals surface area contributed by atoms with E-state index in [0.717, 1.165) is 22.6 Å². The lowest BCUT2D eigenvalue weighted by atomic mass is 9.87. The van der Waals surface area contributed by atoms with Gasteiger partial charge in [-0.25, -0.2) is 4.68 Å². The molecule has 3 rings (SSSR count). The first-order chi connectivity index (χ1) is 9.79. The van der Waals surface area contributed by atoms with Gasteiger partial charge in [-0.3, -0.25) is 9.48 Å². The van der Waals surface area contributed by atoms with Gasteiger partial charge in [0, 0.05) is 36.2 Å². The number of rotatable bonds is 1. The summed E-state index contributed by atoms with van der Waals surface area (Å²) in [6, 6.07) is 0. The minimum absolute atomic E-state index is 0.0264. The van der Waals surface area contributed by atoms with Crippen LogP contribution in [0.1, 0.15) is 49.9 Å². The fraction of sp³-hybridized carbons (Fsp3) is 0.533. The molecule has 0 aromatic carbocycles. The van der Waals surface area contributed by atoms with Crippen molar-refractivity contribution in [3.05, 3.63) is 29.2 Å². The highest BCUT2D eigenvalue weighted by molar-refractivity contribution is 5.94. The minimum Gasteiger partial charge on any atom is -0.311 e. The predicted octanol–water partition coefficient (Wildman–Crippen LogP) is 2.15. The van der Waals surface area contributed by atoms with Gasteiger partial charge in [0.05, 0.1) is 17.9 Å². The number of aryl methyl sites for hydroxylation is 1. The summed E-state index contributed by atoms with van der Waals surface area (Å²) in [6.07, 6.45) is 4.17. The number of anilines is 1. The average Bonchev–Trinajstić information content (AvgIpc) is 2.93. The van der Waals surface area contributed by atoms with Crippen molar-refractivity contribution in [3.8, 4) is 0 Å². The van der Waals surface area contributed by atoms with Crippen LogP contribution in [0.25, 0.3) is 0 Å². The molecule has 0 spiro atoms. The molecule has 1 aliphatic heterocycles. The number of aromatic nitrogens is 4. The molecular weight excluding hydrogens is 266 g/mol. The third kappa shape index (κ3) is 2.14. The average molecular weight is 287 g/mol. The van der Waals surface area contributed by atoms with E-state index in [1.807, 2.05) is 35.7 Å². The van der Waals surface area contributed by atoms with Crippen LogP contribution in [0.4, 0.5) is 5.82 Å². The van der Waals surface area contributed by atoms with Crippen LogP contribution in [0.15, 0.2) is 12.4 Å². The van der Waals surface area contributed by atoms with Crippen LogP contribution in [0, 0.1) is 6.92 Å². The molecule has 112 valence electrons. The number of carbonyl (C=O) groups is 1. The molecule has 1 N–H and O–H groups in total. The lowest BCUT2D eigenvalue weighted by Gasteiger charge is -2.27. The number of carbonyl (C=O) groups excluding carboxylic acids is 1. The lowest BCUT2D eigenvalue weighted by Crippen LogP contribution is -2.30. The molecule has 1 atom stereocenters. The molecule has 2 aromatic rings. The van der Waals surface area contributed by atoms with Crippen molar-refractivity contribution >= 4 is 11.7 Å². The Kier molecular flexibility index (Phi) is 2.93. The van der Waals surface area contributed by atoms with Crippen LogP contribution in [-0.4, -0.2) is 25.5 Å². The molecule has 0 aliphatic carbocycles. The second kappa shape index (κ2) is 4.44. The fourth-order valence-electron chi connectivity index (χ4n) is 2.86. The molecule has 0 unspecified atom stereocenters. The molecule has 0 radical (unpaired) electrons. The quantitative estimate of drug-likeness (QED) is 0.874. The van der Waals surface area contributed by atoms with E-state index in [1.165, 1.54) is 0 Å². The molecule has 1 aliphatic rings. The molecule has 21 heavy (non-hydrogen) atoms. The van der Waals surface area contributed by atoms with Crippen molar-refractivity contribution in [2.24, 2.45) is 7.05 Å². The Hall–Kier alpha value is -2.11. The summed E-state index contributed by atoms with van der Waals surface area (Å²) >= 11 is 0. The highest BCUT2D eigenvalue weighted by Gasteiger charge is 2.33. The number of nitrogens with one attached hydrogen (secondary N) is 1. The zero-order chi connectivity index (χ0) is 15.4. The summed E-state index contributed by atoms with van der Waals surface area (Å²) in [7, 11) is 1.92. The van der Waals surface area contributed by atoms with E-state index in [4.69, 9.17) is 0 Å². The van der Waals surface area contributed by atoms with Crippen molar-refractivity contribution in [2.75, 3.05) is 5.32 Å². The van der Waals surface area contributed by atoms with Gasteiger partial charge in [0.2, 0.25) is 5.91 Å². The summed E-state index contributed by atoms with van der Waals surface area (Å²) in [5.41, 5.74) is 3.08. The zero-order valence-electron chi connectivity index (χ0n) is 13.1. The Morgan fingerprint density at radius 2 is 1.90 bits per heavy atom. The summed E-state index contributed by atoms with van der Waals surface area (Å²) in [5, 5.41) is 11.8. The molecule has 6 heteroatoms. The van der Waals surface area contributed by atoms with E-state index in [9.17, 15) is 4.79 Å². The van der Waals surface area contributed by atoms with Crippen LogP contribution in [-0.2, 0) is 17.4 Å². The van der Waals surface area contributed by atoms with E-state index < -0.39 is 0 Å². The summed E-state index contributed by atoms with van der Waals surface area (Å²) in [4.78, 5) is 12.1. The molecule has 0 saturated carbocycles. The first-order valence-corrected chi connectivity index (χ1v) is 7.16. The smallest absolute Gasteiger partial charge is 0.226 e. The van der Waals surface area contributed by atoms with Crippen molar-refractivity contribution in [1.82, 2.24) is 19.6 Å². The van der Waals surface area contributed by atoms with E-state index in [0.29, 0.717) is 6.42 Å². The molecule has 0 fully saturated rings. The highest BCUT2D eigenvalue weighted by atomic mass is 16.1. The Labute approximate surface area is 124 Å². The summed E-state index contributed by atoms with van der Waals surface area (Å²) < 4.78 is 3.73. The predicted molar refractivity (Wildman–Crippen MR) is 80.3 cm³/mol. The van der Waals surface area contributed by atoms with Crippen LogP contribution in [0.2, 0.25) is 0 Å². The molecule has 2 aromatic heterocycles. The number of amides is 1. The first kappa shape index (κ1) is 13.9. The van der Waals surface area contributed by atoms with Gasteiger partial charge < -0.3 is 5.32 Å². The fourth-order valence-corrected chi connectivity index (χ4v) is 2.86. The Bertz CT molecular complexity index is 704. The zero-order valence-corrected chi connectivity index (χ0v) is 13.1. The van der Waals surface area contributed by atoms with E-state index in [2.05, 4.69) is 36.3 Å². The van der Waals surface area contributed by atoms with Crippen molar-refractivity contribution < 1.29 is 4.79 Å². The van der Waals surface area contributed by atoms with Crippen LogP contribution in [0.5, 0.6) is 0 Å². The SMILES string of the molecule is Cc1c([C@H]2CC(=O)Nc3c2cnn3C(C)(C)C)cnn1C. The molecule has 1 amide bonds. The summed E-state index contributed by atoms with van der Waals surface area (Å²) in [6.45, 7) is 8.25. The van der Waals surface area contributed by atoms with Gasteiger partial charge in [-0.15, -0.1) is 0 Å². The first-order valence-electron chi connectivity index (χ1n) is 7.16. The Balaban J connectivity index is 2.13. The van der Waals surface area contributed by atoms with Gasteiger partial charge in [0.1, 0.15) is 5.82 Å². The molecular formula is C15H21N5O. The molecule has 3 heterocycles. The van der Waals surface area contributed by atoms with E-state index in [1.54, 1.807) is 0 Å². The molecule has 0 saturated heterocycles. The van der Waals surface area contributed by atoms with Gasteiger partial charge >= 0.3 is 0 Å². The van der Waals surface area contributed by atoms with Crippen molar-refractivity contribution in [1.29, 1.82) is 0 Å². The van der Waals surface area contributed by atoms with Gasteiger partial charge in [-0.2, -0.15) is 10.2 Å². The number of hydrogen-bond donors (Lipinski definition) is 1. The van der Waals surface area contributed by atoms with Crippen LogP contribution >= 0.6 is 0 Å². The van der Waals surface area contributed by atoms with Gasteiger partial charge in [0.15, 0.2) is 0 Å². The number of fused-ring (bicyclic) bond motifs is 1. The normalized spacial score (nSPS) is 18.5. The number of nitrogens with zero attached hydrogens (tertiary/aromatic N) is 4. The molecule has 6 nitrogen and oxygen atoms in total. The van der Waals surface area contributed by atoms with Crippen molar-refractivity contribution in [3.63, 3.8) is 0 Å². The maximum absolute atomic E-state index is 12.1. The maximum atomic E-state index is 12.1.